The number of benzene rings is 2. The first kappa shape index (κ1) is 20.6. The summed E-state index contributed by atoms with van der Waals surface area (Å²) in [7, 11) is 1.71. The molecule has 0 aliphatic carbocycles. The fraction of sp³-hybridized carbons (Fsp3) is 0.333. The molecule has 0 aliphatic heterocycles. The van der Waals surface area contributed by atoms with E-state index in [0.717, 1.165) is 22.4 Å². The SMILES string of the molecule is Cc1cc(C)c(NC(=O)[C@H](C)N(C)CC(=O)Nc2ccc(F)cc2)c(C)c1. The van der Waals surface area contributed by atoms with E-state index in [1.165, 1.54) is 24.3 Å². The number of hydrogen-bond donors (Lipinski definition) is 2. The van der Waals surface area contributed by atoms with Gasteiger partial charge in [0.25, 0.3) is 0 Å². The molecule has 0 radical (unpaired) electrons. The lowest BCUT2D eigenvalue weighted by Crippen LogP contribution is -2.43. The first-order chi connectivity index (χ1) is 12.7. The smallest absolute Gasteiger partial charge is 0.241 e. The molecule has 2 N–H and O–H groups in total. The van der Waals surface area contributed by atoms with Crippen molar-refractivity contribution in [2.45, 2.75) is 33.7 Å². The quantitative estimate of drug-likeness (QED) is 0.815. The highest BCUT2D eigenvalue weighted by molar-refractivity contribution is 5.97. The zero-order valence-corrected chi connectivity index (χ0v) is 16.4. The van der Waals surface area contributed by atoms with Crippen LogP contribution in [0.5, 0.6) is 0 Å². The Morgan fingerprint density at radius 1 is 1.04 bits per heavy atom. The summed E-state index contributed by atoms with van der Waals surface area (Å²) in [6.45, 7) is 7.72. The third-order valence-corrected chi connectivity index (χ3v) is 4.49. The summed E-state index contributed by atoms with van der Waals surface area (Å²) in [5, 5.41) is 5.65. The van der Waals surface area contributed by atoms with Crippen LogP contribution in [-0.2, 0) is 9.59 Å². The van der Waals surface area contributed by atoms with Gasteiger partial charge in [0.2, 0.25) is 11.8 Å². The van der Waals surface area contributed by atoms with Gasteiger partial charge in [-0.3, -0.25) is 14.5 Å². The van der Waals surface area contributed by atoms with Gasteiger partial charge >= 0.3 is 0 Å². The number of nitrogens with zero attached hydrogens (tertiary/aromatic N) is 1. The van der Waals surface area contributed by atoms with Crippen molar-refractivity contribution in [3.8, 4) is 0 Å². The van der Waals surface area contributed by atoms with Crippen molar-refractivity contribution in [1.29, 1.82) is 0 Å². The van der Waals surface area contributed by atoms with Gasteiger partial charge in [0, 0.05) is 11.4 Å². The third kappa shape index (κ3) is 5.62. The second-order valence-electron chi connectivity index (χ2n) is 6.91. The van der Waals surface area contributed by atoms with Gasteiger partial charge in [-0.25, -0.2) is 4.39 Å². The number of halogens is 1. The summed E-state index contributed by atoms with van der Waals surface area (Å²) >= 11 is 0. The van der Waals surface area contributed by atoms with E-state index < -0.39 is 6.04 Å². The number of nitrogens with one attached hydrogen (secondary N) is 2. The van der Waals surface area contributed by atoms with Crippen molar-refractivity contribution in [3.63, 3.8) is 0 Å². The molecule has 0 bridgehead atoms. The number of likely N-dealkylation sites (N-methyl/N-ethyl adjacent to an activating group) is 1. The van der Waals surface area contributed by atoms with Gasteiger partial charge in [-0.15, -0.1) is 0 Å². The molecule has 2 rings (SSSR count). The van der Waals surface area contributed by atoms with E-state index in [9.17, 15) is 14.0 Å². The molecule has 0 fully saturated rings. The fourth-order valence-corrected chi connectivity index (χ4v) is 2.90. The lowest BCUT2D eigenvalue weighted by molar-refractivity contribution is -0.122. The van der Waals surface area contributed by atoms with Crippen molar-refractivity contribution in [2.24, 2.45) is 0 Å². The van der Waals surface area contributed by atoms with Gasteiger partial charge in [-0.1, -0.05) is 17.7 Å². The average molecular weight is 371 g/mol. The first-order valence-electron chi connectivity index (χ1n) is 8.81. The summed E-state index contributed by atoms with van der Waals surface area (Å²) in [5.41, 5.74) is 4.47. The van der Waals surface area contributed by atoms with Gasteiger partial charge in [-0.05, 0) is 70.1 Å². The number of rotatable bonds is 6. The van der Waals surface area contributed by atoms with Gasteiger partial charge < -0.3 is 10.6 Å². The maximum atomic E-state index is 12.9. The predicted octanol–water partition coefficient (Wildman–Crippen LogP) is 3.65. The van der Waals surface area contributed by atoms with Crippen LogP contribution in [0, 0.1) is 26.6 Å². The number of carbonyl (C=O) groups is 2. The topological polar surface area (TPSA) is 61.4 Å². The van der Waals surface area contributed by atoms with E-state index >= 15 is 0 Å². The maximum absolute atomic E-state index is 12.9. The first-order valence-corrected chi connectivity index (χ1v) is 8.81. The molecule has 1 atom stereocenters. The minimum absolute atomic E-state index is 0.0395. The molecule has 2 aromatic carbocycles. The third-order valence-electron chi connectivity index (χ3n) is 4.49. The van der Waals surface area contributed by atoms with E-state index in [1.807, 2.05) is 32.9 Å². The van der Waals surface area contributed by atoms with Gasteiger partial charge in [0.15, 0.2) is 0 Å². The molecule has 0 spiro atoms. The molecule has 0 aliphatic rings. The van der Waals surface area contributed by atoms with Crippen LogP contribution < -0.4 is 10.6 Å². The number of amides is 2. The Hall–Kier alpha value is -2.73. The fourth-order valence-electron chi connectivity index (χ4n) is 2.90. The van der Waals surface area contributed by atoms with E-state index in [2.05, 4.69) is 10.6 Å². The molecule has 5 nitrogen and oxygen atoms in total. The molecule has 0 unspecified atom stereocenters. The van der Waals surface area contributed by atoms with Crippen LogP contribution in [0.1, 0.15) is 23.6 Å². The van der Waals surface area contributed by atoms with Crippen LogP contribution in [0.25, 0.3) is 0 Å². The van der Waals surface area contributed by atoms with E-state index in [4.69, 9.17) is 0 Å². The van der Waals surface area contributed by atoms with Crippen molar-refractivity contribution in [3.05, 3.63) is 58.9 Å². The van der Waals surface area contributed by atoms with Gasteiger partial charge in [0.05, 0.1) is 12.6 Å². The second-order valence-corrected chi connectivity index (χ2v) is 6.91. The van der Waals surface area contributed by atoms with Gasteiger partial charge in [-0.2, -0.15) is 0 Å². The van der Waals surface area contributed by atoms with Crippen molar-refractivity contribution >= 4 is 23.2 Å². The van der Waals surface area contributed by atoms with Gasteiger partial charge in [0.1, 0.15) is 5.82 Å². The summed E-state index contributed by atoms with van der Waals surface area (Å²) in [6, 6.07) is 9.09. The van der Waals surface area contributed by atoms with E-state index in [0.29, 0.717) is 5.69 Å². The van der Waals surface area contributed by atoms with Crippen LogP contribution in [0.15, 0.2) is 36.4 Å². The van der Waals surface area contributed by atoms with Crippen molar-refractivity contribution in [1.82, 2.24) is 4.90 Å². The Balaban J connectivity index is 1.95. The molecule has 27 heavy (non-hydrogen) atoms. The normalized spacial score (nSPS) is 12.0. The molecule has 2 aromatic rings. The highest BCUT2D eigenvalue weighted by atomic mass is 19.1. The Morgan fingerprint density at radius 2 is 1.59 bits per heavy atom. The van der Waals surface area contributed by atoms with Crippen LogP contribution in [0.4, 0.5) is 15.8 Å². The Bertz CT molecular complexity index is 811. The molecular weight excluding hydrogens is 345 g/mol. The molecule has 0 saturated carbocycles. The molecule has 0 heterocycles. The predicted molar refractivity (Wildman–Crippen MR) is 106 cm³/mol. The zero-order valence-electron chi connectivity index (χ0n) is 16.4. The van der Waals surface area contributed by atoms with Crippen LogP contribution in [-0.4, -0.2) is 36.3 Å². The van der Waals surface area contributed by atoms with E-state index in [1.54, 1.807) is 18.9 Å². The Labute approximate surface area is 159 Å². The highest BCUT2D eigenvalue weighted by Gasteiger charge is 2.21. The maximum Gasteiger partial charge on any atom is 0.241 e. The molecule has 0 saturated heterocycles. The Kier molecular flexibility index (Phi) is 6.69. The molecule has 0 aromatic heterocycles. The minimum Gasteiger partial charge on any atom is -0.325 e. The number of carbonyl (C=O) groups excluding carboxylic acids is 2. The largest absolute Gasteiger partial charge is 0.325 e. The summed E-state index contributed by atoms with van der Waals surface area (Å²) in [6.07, 6.45) is 0. The standard InChI is InChI=1S/C21H26FN3O2/c1-13-10-14(2)20(15(3)11-13)24-21(27)16(4)25(5)12-19(26)23-18-8-6-17(22)7-9-18/h6-11,16H,12H2,1-5H3,(H,23,26)(H,24,27)/t16-/m0/s1. The summed E-state index contributed by atoms with van der Waals surface area (Å²) in [5.74, 6) is -0.814. The number of anilines is 2. The monoisotopic (exact) mass is 371 g/mol. The molecule has 2 amide bonds. The lowest BCUT2D eigenvalue weighted by atomic mass is 10.0. The molecule has 144 valence electrons. The molecule has 6 heteroatoms. The van der Waals surface area contributed by atoms with Crippen LogP contribution in [0.3, 0.4) is 0 Å². The number of hydrogen-bond acceptors (Lipinski definition) is 3. The highest BCUT2D eigenvalue weighted by Crippen LogP contribution is 2.22. The number of aryl methyl sites for hydroxylation is 3. The molecular formula is C21H26FN3O2. The summed E-state index contributed by atoms with van der Waals surface area (Å²) < 4.78 is 12.9. The minimum atomic E-state index is -0.496. The second kappa shape index (κ2) is 8.77. The summed E-state index contributed by atoms with van der Waals surface area (Å²) in [4.78, 5) is 26.4. The van der Waals surface area contributed by atoms with Crippen molar-refractivity contribution < 1.29 is 14.0 Å². The van der Waals surface area contributed by atoms with Crippen LogP contribution >= 0.6 is 0 Å². The average Bonchev–Trinajstić information content (AvgIpc) is 2.59. The van der Waals surface area contributed by atoms with Crippen molar-refractivity contribution in [2.75, 3.05) is 24.2 Å². The zero-order chi connectivity index (χ0) is 20.1. The lowest BCUT2D eigenvalue weighted by Gasteiger charge is -2.24. The van der Waals surface area contributed by atoms with Crippen LogP contribution in [0.2, 0.25) is 0 Å². The van der Waals surface area contributed by atoms with E-state index in [-0.39, 0.29) is 24.2 Å². The Morgan fingerprint density at radius 3 is 2.15 bits per heavy atom.